The van der Waals surface area contributed by atoms with Gasteiger partial charge in [-0.1, -0.05) is 25.7 Å². The largest absolute Gasteiger partial charge is 0.469 e. The van der Waals surface area contributed by atoms with E-state index >= 15 is 0 Å². The number of ether oxygens (including phenoxy) is 5. The van der Waals surface area contributed by atoms with Crippen molar-refractivity contribution in [3.05, 3.63) is 0 Å². The van der Waals surface area contributed by atoms with Gasteiger partial charge in [0.1, 0.15) is 48.8 Å². The average molecular weight is 513 g/mol. The Bertz CT molecular complexity index is 606. The molecule has 0 amide bonds. The molecule has 2 aliphatic heterocycles. The summed E-state index contributed by atoms with van der Waals surface area (Å²) in [5, 5.41) is 69.6. The molecule has 206 valence electrons. The van der Waals surface area contributed by atoms with Crippen molar-refractivity contribution in [2.24, 2.45) is 0 Å². The third-order valence-corrected chi connectivity index (χ3v) is 6.23. The molecule has 0 bridgehead atoms. The first kappa shape index (κ1) is 30.3. The van der Waals surface area contributed by atoms with Crippen LogP contribution in [0.3, 0.4) is 0 Å². The van der Waals surface area contributed by atoms with Crippen LogP contribution in [0.25, 0.3) is 0 Å². The molecule has 10 atom stereocenters. The summed E-state index contributed by atoms with van der Waals surface area (Å²) in [5.74, 6) is -0.214. The van der Waals surface area contributed by atoms with Crippen molar-refractivity contribution in [2.75, 3.05) is 26.9 Å². The summed E-state index contributed by atoms with van der Waals surface area (Å²) in [5.41, 5.74) is 0. The molecule has 0 radical (unpaired) electrons. The molecule has 2 aliphatic rings. The normalized spacial score (nSPS) is 37.8. The Balaban J connectivity index is 1.72. The molecular weight excluding hydrogens is 472 g/mol. The molecule has 2 heterocycles. The molecule has 0 unspecified atom stereocenters. The highest BCUT2D eigenvalue weighted by molar-refractivity contribution is 5.68. The minimum absolute atomic E-state index is 0.214. The zero-order chi connectivity index (χ0) is 26.0. The first-order valence-electron chi connectivity index (χ1n) is 12.0. The summed E-state index contributed by atoms with van der Waals surface area (Å²) >= 11 is 0. The summed E-state index contributed by atoms with van der Waals surface area (Å²) in [6.45, 7) is -0.784. The van der Waals surface area contributed by atoms with E-state index in [2.05, 4.69) is 4.74 Å². The van der Waals surface area contributed by atoms with E-state index < -0.39 is 74.6 Å². The predicted molar refractivity (Wildman–Crippen MR) is 117 cm³/mol. The van der Waals surface area contributed by atoms with Crippen LogP contribution in [-0.2, 0) is 28.5 Å². The lowest BCUT2D eigenvalue weighted by atomic mass is 9.98. The van der Waals surface area contributed by atoms with E-state index in [0.29, 0.717) is 12.8 Å². The maximum atomic E-state index is 11.1. The molecule has 13 heteroatoms. The molecular formula is C22H40O13. The standard InChI is InChI=1S/C22H40O13/c1-31-14(24)8-6-4-2-3-5-7-9-32-21-19(29)18(28)16(26)13(35-21)11-33-22-20(30)17(27)15(25)12(10-23)34-22/h12-13,15-23,25-30H,2-11H2,1H3/t12-,13-,15-,16-,17+,18+,19+,20+,21-,22-/m1/s1. The van der Waals surface area contributed by atoms with E-state index in [1.807, 2.05) is 0 Å². The molecule has 0 saturated carbocycles. The monoisotopic (exact) mass is 512 g/mol. The Kier molecular flexibility index (Phi) is 13.2. The molecule has 2 saturated heterocycles. The number of esters is 1. The molecule has 0 aromatic rings. The van der Waals surface area contributed by atoms with Crippen molar-refractivity contribution in [3.63, 3.8) is 0 Å². The Labute approximate surface area is 204 Å². The molecule has 35 heavy (non-hydrogen) atoms. The van der Waals surface area contributed by atoms with Crippen molar-refractivity contribution in [2.45, 2.75) is 106 Å². The topological polar surface area (TPSA) is 205 Å². The summed E-state index contributed by atoms with van der Waals surface area (Å²) in [4.78, 5) is 11.1. The van der Waals surface area contributed by atoms with Crippen molar-refractivity contribution >= 4 is 5.97 Å². The van der Waals surface area contributed by atoms with E-state index in [0.717, 1.165) is 32.1 Å². The van der Waals surface area contributed by atoms with E-state index in [9.17, 15) is 40.5 Å². The van der Waals surface area contributed by atoms with Gasteiger partial charge in [-0.05, 0) is 12.8 Å². The van der Waals surface area contributed by atoms with Crippen molar-refractivity contribution in [3.8, 4) is 0 Å². The van der Waals surface area contributed by atoms with Gasteiger partial charge in [0.15, 0.2) is 12.6 Å². The van der Waals surface area contributed by atoms with Crippen LogP contribution in [0.2, 0.25) is 0 Å². The summed E-state index contributed by atoms with van der Waals surface area (Å²) < 4.78 is 26.3. The van der Waals surface area contributed by atoms with Gasteiger partial charge in [-0.2, -0.15) is 0 Å². The van der Waals surface area contributed by atoms with Crippen LogP contribution in [0.5, 0.6) is 0 Å². The predicted octanol–water partition coefficient (Wildman–Crippen LogP) is -2.47. The fourth-order valence-electron chi connectivity index (χ4n) is 3.97. The van der Waals surface area contributed by atoms with Gasteiger partial charge in [0.2, 0.25) is 0 Å². The first-order chi connectivity index (χ1) is 16.7. The minimum atomic E-state index is -1.63. The molecule has 0 spiro atoms. The van der Waals surface area contributed by atoms with Crippen LogP contribution >= 0.6 is 0 Å². The minimum Gasteiger partial charge on any atom is -0.469 e. The number of methoxy groups -OCH3 is 1. The summed E-state index contributed by atoms with van der Waals surface area (Å²) in [6.07, 6.45) is -8.83. The average Bonchev–Trinajstić information content (AvgIpc) is 2.86. The smallest absolute Gasteiger partial charge is 0.305 e. The molecule has 2 rings (SSSR count). The van der Waals surface area contributed by atoms with Crippen LogP contribution in [0.15, 0.2) is 0 Å². The van der Waals surface area contributed by atoms with Gasteiger partial charge in [0.25, 0.3) is 0 Å². The number of hydrogen-bond donors (Lipinski definition) is 7. The van der Waals surface area contributed by atoms with E-state index in [1.54, 1.807) is 0 Å². The molecule has 13 nitrogen and oxygen atoms in total. The number of aliphatic hydroxyl groups excluding tert-OH is 7. The number of unbranched alkanes of at least 4 members (excludes halogenated alkanes) is 5. The Morgan fingerprint density at radius 2 is 1.20 bits per heavy atom. The van der Waals surface area contributed by atoms with Crippen LogP contribution in [0.1, 0.15) is 44.9 Å². The van der Waals surface area contributed by atoms with E-state index in [1.165, 1.54) is 7.11 Å². The Morgan fingerprint density at radius 1 is 0.686 bits per heavy atom. The number of aliphatic hydroxyl groups is 7. The lowest BCUT2D eigenvalue weighted by molar-refractivity contribution is -0.331. The number of carbonyl (C=O) groups is 1. The lowest BCUT2D eigenvalue weighted by Crippen LogP contribution is -2.61. The highest BCUT2D eigenvalue weighted by Crippen LogP contribution is 2.26. The third-order valence-electron chi connectivity index (χ3n) is 6.23. The number of hydrogen-bond acceptors (Lipinski definition) is 13. The second kappa shape index (κ2) is 15.3. The van der Waals surface area contributed by atoms with Crippen LogP contribution in [-0.4, -0.2) is 130 Å². The number of carbonyl (C=O) groups excluding carboxylic acids is 1. The quantitative estimate of drug-likeness (QED) is 0.0953. The van der Waals surface area contributed by atoms with Crippen molar-refractivity contribution in [1.82, 2.24) is 0 Å². The third kappa shape index (κ3) is 8.83. The summed E-state index contributed by atoms with van der Waals surface area (Å²) in [7, 11) is 1.37. The molecule has 0 aromatic heterocycles. The van der Waals surface area contributed by atoms with Crippen LogP contribution < -0.4 is 0 Å². The highest BCUT2D eigenvalue weighted by Gasteiger charge is 2.47. The molecule has 7 N–H and O–H groups in total. The maximum absolute atomic E-state index is 11.1. The van der Waals surface area contributed by atoms with Gasteiger partial charge in [-0.15, -0.1) is 0 Å². The zero-order valence-corrected chi connectivity index (χ0v) is 19.9. The fraction of sp³-hybridized carbons (Fsp3) is 0.955. The van der Waals surface area contributed by atoms with Crippen molar-refractivity contribution in [1.29, 1.82) is 0 Å². The molecule has 2 fully saturated rings. The van der Waals surface area contributed by atoms with Crippen LogP contribution in [0.4, 0.5) is 0 Å². The second-order valence-electron chi connectivity index (χ2n) is 8.86. The molecule has 0 aliphatic carbocycles. The lowest BCUT2D eigenvalue weighted by Gasteiger charge is -2.42. The van der Waals surface area contributed by atoms with Gasteiger partial charge in [0.05, 0.1) is 20.3 Å². The van der Waals surface area contributed by atoms with Crippen LogP contribution in [0, 0.1) is 0 Å². The SMILES string of the molecule is COC(=O)CCCCCCCCO[C@@H]1O[C@H](CO[C@@H]2O[C@H](CO)[C@@H](O)[C@H](O)[C@@H]2O)[C@@H](O)[C@H](O)[C@@H]1O. The molecule has 0 aromatic carbocycles. The summed E-state index contributed by atoms with van der Waals surface area (Å²) in [6, 6.07) is 0. The number of rotatable bonds is 14. The van der Waals surface area contributed by atoms with E-state index in [-0.39, 0.29) is 12.6 Å². The van der Waals surface area contributed by atoms with Gasteiger partial charge < -0.3 is 59.4 Å². The fourth-order valence-corrected chi connectivity index (χ4v) is 3.97. The second-order valence-corrected chi connectivity index (χ2v) is 8.86. The Hall–Kier alpha value is -0.970. The maximum Gasteiger partial charge on any atom is 0.305 e. The van der Waals surface area contributed by atoms with E-state index in [4.69, 9.17) is 18.9 Å². The van der Waals surface area contributed by atoms with Gasteiger partial charge in [-0.25, -0.2) is 0 Å². The van der Waals surface area contributed by atoms with Crippen molar-refractivity contribution < 1.29 is 64.2 Å². The van der Waals surface area contributed by atoms with Gasteiger partial charge in [-0.3, -0.25) is 4.79 Å². The highest BCUT2D eigenvalue weighted by atomic mass is 16.7. The Morgan fingerprint density at radius 3 is 1.80 bits per heavy atom. The van der Waals surface area contributed by atoms with Gasteiger partial charge >= 0.3 is 5.97 Å². The van der Waals surface area contributed by atoms with Gasteiger partial charge in [0, 0.05) is 13.0 Å². The first-order valence-corrected chi connectivity index (χ1v) is 12.0. The zero-order valence-electron chi connectivity index (χ0n) is 19.9.